The summed E-state index contributed by atoms with van der Waals surface area (Å²) in [7, 11) is -3.92. The lowest BCUT2D eigenvalue weighted by atomic mass is 10.1. The first-order valence-electron chi connectivity index (χ1n) is 8.44. The molecular weight excluding hydrogens is 399 g/mol. The molecule has 11 heteroatoms. The molecule has 3 rings (SSSR count). The number of aromatic nitrogens is 2. The molecule has 1 aliphatic rings. The standard InChI is InChI=1S/C17H18F3N3O4S/c1-11(24)12-3-2-4-13(9-12)28(25,26)21-6-7-23-15-5-8-27-10-14(15)16(22-23)17(18,19)20/h2-4,9,21H,5-8,10H2,1H3. The molecule has 0 bridgehead atoms. The minimum atomic E-state index is -4.61. The largest absolute Gasteiger partial charge is 0.435 e. The first-order chi connectivity index (χ1) is 13.1. The van der Waals surface area contributed by atoms with Gasteiger partial charge in [0.15, 0.2) is 11.5 Å². The first kappa shape index (κ1) is 20.5. The van der Waals surface area contributed by atoms with E-state index in [9.17, 15) is 26.4 Å². The van der Waals surface area contributed by atoms with Gasteiger partial charge < -0.3 is 4.74 Å². The van der Waals surface area contributed by atoms with Crippen LogP contribution in [-0.4, -0.2) is 37.1 Å². The van der Waals surface area contributed by atoms with Gasteiger partial charge in [-0.1, -0.05) is 12.1 Å². The normalized spacial score (nSPS) is 14.7. The van der Waals surface area contributed by atoms with Crippen molar-refractivity contribution >= 4 is 15.8 Å². The number of alkyl halides is 3. The van der Waals surface area contributed by atoms with Crippen LogP contribution in [0.25, 0.3) is 0 Å². The van der Waals surface area contributed by atoms with Crippen molar-refractivity contribution in [2.24, 2.45) is 0 Å². The summed E-state index contributed by atoms with van der Waals surface area (Å²) in [4.78, 5) is 11.3. The summed E-state index contributed by atoms with van der Waals surface area (Å²) in [6.07, 6.45) is -4.34. The zero-order valence-electron chi connectivity index (χ0n) is 14.9. The summed E-state index contributed by atoms with van der Waals surface area (Å²) in [6.45, 7) is 1.21. The number of sulfonamides is 1. The molecule has 2 aromatic rings. The second-order valence-corrected chi connectivity index (χ2v) is 8.05. The zero-order chi connectivity index (χ0) is 20.5. The van der Waals surface area contributed by atoms with Crippen molar-refractivity contribution in [2.45, 2.75) is 37.6 Å². The Morgan fingerprint density at radius 3 is 2.79 bits per heavy atom. The number of hydrogen-bond acceptors (Lipinski definition) is 5. The fraction of sp³-hybridized carbons (Fsp3) is 0.412. The van der Waals surface area contributed by atoms with E-state index in [1.54, 1.807) is 0 Å². The van der Waals surface area contributed by atoms with Crippen LogP contribution in [0.4, 0.5) is 13.2 Å². The summed E-state index contributed by atoms with van der Waals surface area (Å²) < 4.78 is 72.9. The molecule has 1 aliphatic heterocycles. The van der Waals surface area contributed by atoms with E-state index >= 15 is 0 Å². The maximum absolute atomic E-state index is 13.2. The van der Waals surface area contributed by atoms with E-state index in [1.165, 1.54) is 35.9 Å². The summed E-state index contributed by atoms with van der Waals surface area (Å²) in [6, 6.07) is 5.53. The maximum atomic E-state index is 13.2. The Bertz CT molecular complexity index is 1000. The van der Waals surface area contributed by atoms with Gasteiger partial charge in [0.05, 0.1) is 24.7 Å². The molecule has 0 saturated heterocycles. The lowest BCUT2D eigenvalue weighted by molar-refractivity contribution is -0.142. The number of rotatable bonds is 6. The molecule has 2 heterocycles. The maximum Gasteiger partial charge on any atom is 0.435 e. The third-order valence-electron chi connectivity index (χ3n) is 4.33. The summed E-state index contributed by atoms with van der Waals surface area (Å²) in [5, 5.41) is 3.62. The average Bonchev–Trinajstić information content (AvgIpc) is 3.01. The molecule has 0 spiro atoms. The molecule has 0 atom stereocenters. The number of nitrogens with zero attached hydrogens (tertiary/aromatic N) is 2. The highest BCUT2D eigenvalue weighted by Gasteiger charge is 2.39. The van der Waals surface area contributed by atoms with Crippen LogP contribution in [0.1, 0.15) is 34.2 Å². The Kier molecular flexibility index (Phi) is 5.60. The van der Waals surface area contributed by atoms with E-state index in [-0.39, 0.29) is 54.5 Å². The molecule has 1 N–H and O–H groups in total. The Balaban J connectivity index is 1.75. The van der Waals surface area contributed by atoms with Crippen molar-refractivity contribution in [1.82, 2.24) is 14.5 Å². The lowest BCUT2D eigenvalue weighted by Crippen LogP contribution is -2.28. The lowest BCUT2D eigenvalue weighted by Gasteiger charge is -2.15. The van der Waals surface area contributed by atoms with Crippen molar-refractivity contribution in [3.63, 3.8) is 0 Å². The van der Waals surface area contributed by atoms with E-state index in [0.29, 0.717) is 5.69 Å². The van der Waals surface area contributed by atoms with Crippen LogP contribution in [0, 0.1) is 0 Å². The Labute approximate surface area is 159 Å². The molecule has 0 radical (unpaired) electrons. The van der Waals surface area contributed by atoms with Crippen LogP contribution in [0.15, 0.2) is 29.2 Å². The number of hydrogen-bond donors (Lipinski definition) is 1. The van der Waals surface area contributed by atoms with Gasteiger partial charge in [0.2, 0.25) is 10.0 Å². The highest BCUT2D eigenvalue weighted by atomic mass is 32.2. The van der Waals surface area contributed by atoms with E-state index in [0.717, 1.165) is 0 Å². The van der Waals surface area contributed by atoms with Crippen LogP contribution >= 0.6 is 0 Å². The van der Waals surface area contributed by atoms with Gasteiger partial charge in [-0.2, -0.15) is 18.3 Å². The zero-order valence-corrected chi connectivity index (χ0v) is 15.7. The predicted molar refractivity (Wildman–Crippen MR) is 92.2 cm³/mol. The van der Waals surface area contributed by atoms with Gasteiger partial charge in [-0.05, 0) is 19.1 Å². The number of nitrogens with one attached hydrogen (secondary N) is 1. The molecule has 1 aromatic carbocycles. The Morgan fingerprint density at radius 1 is 1.36 bits per heavy atom. The number of halogens is 3. The summed E-state index contributed by atoms with van der Waals surface area (Å²) in [5.74, 6) is -0.276. The number of ether oxygens (including phenoxy) is 1. The van der Waals surface area contributed by atoms with Gasteiger partial charge in [0, 0.05) is 29.8 Å². The van der Waals surface area contributed by atoms with Gasteiger partial charge in [-0.3, -0.25) is 9.48 Å². The third-order valence-corrected chi connectivity index (χ3v) is 5.79. The molecule has 0 aliphatic carbocycles. The minimum Gasteiger partial charge on any atom is -0.376 e. The monoisotopic (exact) mass is 417 g/mol. The SMILES string of the molecule is CC(=O)c1cccc(S(=O)(=O)NCCn2nc(C(F)(F)F)c3c2CCOC3)c1. The van der Waals surface area contributed by atoms with E-state index in [2.05, 4.69) is 9.82 Å². The van der Waals surface area contributed by atoms with Crippen LogP contribution in [-0.2, 0) is 40.5 Å². The number of benzene rings is 1. The fourth-order valence-corrected chi connectivity index (χ4v) is 4.04. The smallest absolute Gasteiger partial charge is 0.376 e. The predicted octanol–water partition coefficient (Wildman–Crippen LogP) is 2.16. The number of carbonyl (C=O) groups is 1. The quantitative estimate of drug-likeness (QED) is 0.728. The van der Waals surface area contributed by atoms with Crippen LogP contribution in [0.3, 0.4) is 0 Å². The molecule has 0 saturated carbocycles. The molecule has 0 unspecified atom stereocenters. The van der Waals surface area contributed by atoms with Gasteiger partial charge in [0.1, 0.15) is 0 Å². The second-order valence-electron chi connectivity index (χ2n) is 6.28. The molecule has 152 valence electrons. The summed E-state index contributed by atoms with van der Waals surface area (Å²) in [5.41, 5.74) is -0.356. The van der Waals surface area contributed by atoms with Crippen molar-refractivity contribution in [3.05, 3.63) is 46.8 Å². The molecule has 1 aromatic heterocycles. The van der Waals surface area contributed by atoms with Crippen molar-refractivity contribution in [2.75, 3.05) is 13.2 Å². The average molecular weight is 417 g/mol. The highest BCUT2D eigenvalue weighted by Crippen LogP contribution is 2.34. The van der Waals surface area contributed by atoms with Gasteiger partial charge in [-0.15, -0.1) is 0 Å². The third kappa shape index (κ3) is 4.26. The minimum absolute atomic E-state index is 0.00392. The highest BCUT2D eigenvalue weighted by molar-refractivity contribution is 7.89. The first-order valence-corrected chi connectivity index (χ1v) is 9.92. The fourth-order valence-electron chi connectivity index (χ4n) is 2.97. The number of Topliss-reactive ketones (excluding diaryl/α,β-unsaturated/α-hetero) is 1. The Hall–Kier alpha value is -2.24. The molecule has 28 heavy (non-hydrogen) atoms. The van der Waals surface area contributed by atoms with Crippen molar-refractivity contribution in [3.8, 4) is 0 Å². The molecule has 0 fully saturated rings. The number of ketones is 1. The van der Waals surface area contributed by atoms with Gasteiger partial charge in [-0.25, -0.2) is 13.1 Å². The van der Waals surface area contributed by atoms with E-state index < -0.39 is 21.9 Å². The van der Waals surface area contributed by atoms with Crippen molar-refractivity contribution in [1.29, 1.82) is 0 Å². The van der Waals surface area contributed by atoms with Gasteiger partial charge in [0.25, 0.3) is 0 Å². The second kappa shape index (κ2) is 7.64. The number of fused-ring (bicyclic) bond motifs is 1. The van der Waals surface area contributed by atoms with Gasteiger partial charge >= 0.3 is 6.18 Å². The van der Waals surface area contributed by atoms with E-state index in [1.807, 2.05) is 0 Å². The van der Waals surface area contributed by atoms with Crippen LogP contribution in [0.2, 0.25) is 0 Å². The molecular formula is C17H18F3N3O4S. The molecule has 7 nitrogen and oxygen atoms in total. The summed E-state index contributed by atoms with van der Waals surface area (Å²) >= 11 is 0. The van der Waals surface area contributed by atoms with Crippen LogP contribution < -0.4 is 4.72 Å². The van der Waals surface area contributed by atoms with Crippen LogP contribution in [0.5, 0.6) is 0 Å². The number of carbonyl (C=O) groups excluding carboxylic acids is 1. The molecule has 0 amide bonds. The Morgan fingerprint density at radius 2 is 2.11 bits per heavy atom. The van der Waals surface area contributed by atoms with Crippen molar-refractivity contribution < 1.29 is 31.1 Å². The topological polar surface area (TPSA) is 90.3 Å². The van der Waals surface area contributed by atoms with E-state index in [4.69, 9.17) is 4.74 Å².